The van der Waals surface area contributed by atoms with Gasteiger partial charge in [-0.05, 0) is 12.8 Å². The Morgan fingerprint density at radius 3 is 1.03 bits per heavy atom. The first-order chi connectivity index (χ1) is 15.6. The molecule has 0 fully saturated rings. The van der Waals surface area contributed by atoms with Crippen molar-refractivity contribution in [3.63, 3.8) is 0 Å². The van der Waals surface area contributed by atoms with Crippen LogP contribution in [0.5, 0.6) is 0 Å². The summed E-state index contributed by atoms with van der Waals surface area (Å²) in [5.41, 5.74) is 0. The Kier molecular flexibility index (Phi) is 62.1. The number of hydrogen-bond acceptors (Lipinski definition) is 8. The van der Waals surface area contributed by atoms with E-state index in [4.69, 9.17) is 5.11 Å². The van der Waals surface area contributed by atoms with Crippen LogP contribution in [-0.4, -0.2) is 48.4 Å². The van der Waals surface area contributed by atoms with Crippen LogP contribution in [0.2, 0.25) is 0 Å². The average molecular weight is 570 g/mol. The molecule has 0 radical (unpaired) electrons. The molecule has 1 N–H and O–H groups in total. The third-order valence-electron chi connectivity index (χ3n) is 3.24. The topological polar surface area (TPSA) is 181 Å². The van der Waals surface area contributed by atoms with E-state index in [9.17, 15) is 39.6 Å². The number of ketones is 2. The first kappa shape index (κ1) is 46.4. The molecule has 200 valence electrons. The van der Waals surface area contributed by atoms with Crippen LogP contribution in [0.1, 0.15) is 112 Å². The number of hydrogen-bond donors (Lipinski definition) is 1. The smallest absolute Gasteiger partial charge is 0.854 e. The molecule has 0 amide bonds. The van der Waals surface area contributed by atoms with Crippen molar-refractivity contribution in [2.75, 3.05) is 19.8 Å². The van der Waals surface area contributed by atoms with Gasteiger partial charge in [-0.1, -0.05) is 73.1 Å². The van der Waals surface area contributed by atoms with E-state index in [1.54, 1.807) is 0 Å². The second kappa shape index (κ2) is 45.5. The van der Waals surface area contributed by atoms with E-state index in [1.165, 1.54) is 0 Å². The van der Waals surface area contributed by atoms with Crippen molar-refractivity contribution >= 4 is 23.5 Å². The van der Waals surface area contributed by atoms with Crippen molar-refractivity contribution in [3.05, 3.63) is 0 Å². The maximum absolute atomic E-state index is 10.5. The molecule has 0 aliphatic carbocycles. The van der Waals surface area contributed by atoms with Gasteiger partial charge in [0.15, 0.2) is 0 Å². The van der Waals surface area contributed by atoms with Crippen LogP contribution in [-0.2, 0) is 45.4 Å². The number of carboxylic acids is 2. The van der Waals surface area contributed by atoms with Gasteiger partial charge in [0, 0.05) is 25.2 Å². The van der Waals surface area contributed by atoms with E-state index in [-0.39, 0.29) is 64.0 Å². The van der Waals surface area contributed by atoms with E-state index in [1.807, 2.05) is 34.6 Å². The molecule has 0 saturated carbocycles. The minimum Gasteiger partial charge on any atom is -0.854 e. The van der Waals surface area contributed by atoms with Gasteiger partial charge in [0.25, 0.3) is 0 Å². The van der Waals surface area contributed by atoms with Gasteiger partial charge in [-0.25, -0.2) is 0 Å². The Morgan fingerprint density at radius 1 is 0.588 bits per heavy atom. The predicted molar refractivity (Wildman–Crippen MR) is 121 cm³/mol. The fourth-order valence-electron chi connectivity index (χ4n) is 1.50. The summed E-state index contributed by atoms with van der Waals surface area (Å²) in [4.78, 5) is 40.5. The van der Waals surface area contributed by atoms with Crippen LogP contribution in [0.4, 0.5) is 0 Å². The monoisotopic (exact) mass is 568 g/mol. The van der Waals surface area contributed by atoms with Crippen molar-refractivity contribution in [2.45, 2.75) is 112 Å². The normalized spacial score (nSPS) is 8.47. The molecular weight excluding hydrogens is 523 g/mol. The Hall–Kier alpha value is -0.957. The SMILES string of the molecule is CCCC(=O)CC(=O)O.CCCC(=O)CC(=O)[O-].CCCC[O-].CCCC[O-].CCCC[O-].[Zr+4]. The number of aliphatic carboxylic acids is 2. The minimum absolute atomic E-state index is 0. The summed E-state index contributed by atoms with van der Waals surface area (Å²) in [7, 11) is 0. The van der Waals surface area contributed by atoms with Gasteiger partial charge in [-0.15, -0.1) is 19.8 Å². The van der Waals surface area contributed by atoms with Gasteiger partial charge in [0.05, 0.1) is 0 Å². The summed E-state index contributed by atoms with van der Waals surface area (Å²) in [6.45, 7) is 9.99. The first-order valence-corrected chi connectivity index (χ1v) is 11.8. The summed E-state index contributed by atoms with van der Waals surface area (Å²) in [6, 6.07) is 0. The van der Waals surface area contributed by atoms with Crippen molar-refractivity contribution < 1.29 is 70.9 Å². The van der Waals surface area contributed by atoms with E-state index < -0.39 is 18.4 Å². The number of rotatable bonds is 14. The van der Waals surface area contributed by atoms with Gasteiger partial charge in [-0.2, -0.15) is 0 Å². The van der Waals surface area contributed by atoms with Gasteiger partial charge < -0.3 is 30.3 Å². The quantitative estimate of drug-likeness (QED) is 0.295. The molecule has 10 heteroatoms. The van der Waals surface area contributed by atoms with Crippen LogP contribution in [0.3, 0.4) is 0 Å². The summed E-state index contributed by atoms with van der Waals surface area (Å²) in [5.74, 6) is -2.76. The molecule has 0 spiro atoms. The Labute approximate surface area is 225 Å². The fraction of sp³-hybridized carbons (Fsp3) is 0.833. The molecular formula is C24H46O9Zr. The molecule has 9 nitrogen and oxygen atoms in total. The molecule has 0 unspecified atom stereocenters. The summed E-state index contributed by atoms with van der Waals surface area (Å²) in [6.07, 6.45) is 6.98. The zero-order chi connectivity index (χ0) is 26.9. The fourth-order valence-corrected chi connectivity index (χ4v) is 1.50. The van der Waals surface area contributed by atoms with Gasteiger partial charge in [0.2, 0.25) is 0 Å². The van der Waals surface area contributed by atoms with Gasteiger partial charge in [-0.3, -0.25) is 14.4 Å². The van der Waals surface area contributed by atoms with E-state index in [0.717, 1.165) is 44.9 Å². The molecule has 0 aromatic rings. The van der Waals surface area contributed by atoms with Crippen molar-refractivity contribution in [3.8, 4) is 0 Å². The van der Waals surface area contributed by atoms with Crippen molar-refractivity contribution in [1.29, 1.82) is 0 Å². The van der Waals surface area contributed by atoms with Crippen LogP contribution in [0, 0.1) is 0 Å². The Balaban J connectivity index is -0.0000000738. The molecule has 0 saturated heterocycles. The molecule has 0 aliphatic heterocycles. The summed E-state index contributed by atoms with van der Waals surface area (Å²) < 4.78 is 0. The second-order valence-corrected chi connectivity index (χ2v) is 6.87. The third-order valence-corrected chi connectivity index (χ3v) is 3.24. The average Bonchev–Trinajstić information content (AvgIpc) is 2.71. The number of carboxylic acid groups (broad SMARTS) is 2. The third kappa shape index (κ3) is 77.3. The molecule has 0 aliphatic rings. The van der Waals surface area contributed by atoms with Crippen LogP contribution in [0.25, 0.3) is 0 Å². The summed E-state index contributed by atoms with van der Waals surface area (Å²) in [5, 5.41) is 46.4. The molecule has 0 heterocycles. The molecule has 0 aromatic heterocycles. The molecule has 34 heavy (non-hydrogen) atoms. The van der Waals surface area contributed by atoms with E-state index >= 15 is 0 Å². The largest absolute Gasteiger partial charge is 4.00 e. The molecule has 0 aromatic carbocycles. The maximum atomic E-state index is 10.5. The predicted octanol–water partition coefficient (Wildman–Crippen LogP) is 0.764. The minimum atomic E-state index is -1.28. The first-order valence-electron chi connectivity index (χ1n) is 11.8. The zero-order valence-corrected chi connectivity index (χ0v) is 24.3. The van der Waals surface area contributed by atoms with Crippen LogP contribution >= 0.6 is 0 Å². The molecule has 0 atom stereocenters. The van der Waals surface area contributed by atoms with E-state index in [2.05, 4.69) is 0 Å². The molecule has 0 bridgehead atoms. The van der Waals surface area contributed by atoms with Crippen LogP contribution < -0.4 is 20.4 Å². The van der Waals surface area contributed by atoms with Crippen molar-refractivity contribution in [2.24, 2.45) is 0 Å². The Morgan fingerprint density at radius 2 is 0.882 bits per heavy atom. The van der Waals surface area contributed by atoms with Crippen molar-refractivity contribution in [1.82, 2.24) is 0 Å². The summed E-state index contributed by atoms with van der Waals surface area (Å²) >= 11 is 0. The van der Waals surface area contributed by atoms with Gasteiger partial charge in [0.1, 0.15) is 18.0 Å². The number of carbonyl (C=O) groups excluding carboxylic acids is 3. The zero-order valence-electron chi connectivity index (χ0n) is 21.8. The number of Topliss-reactive ketones (excluding diaryl/α,β-unsaturated/α-hetero) is 2. The van der Waals surface area contributed by atoms with Gasteiger partial charge >= 0.3 is 32.2 Å². The van der Waals surface area contributed by atoms with Crippen LogP contribution in [0.15, 0.2) is 0 Å². The number of carbonyl (C=O) groups is 4. The number of unbranched alkanes of at least 4 members (excludes halogenated alkanes) is 3. The molecule has 0 rings (SSSR count). The maximum Gasteiger partial charge on any atom is 4.00 e. The Bertz CT molecular complexity index is 380. The standard InChI is InChI=1S/2C6H10O3.3C4H9O.Zr/c2*1-2-3-5(7)4-6(8)9;3*1-2-3-4-5;/h2*2-4H2,1H3,(H,8,9);3*2-4H2,1H3;/q;;3*-1;+4/p-1. The van der Waals surface area contributed by atoms with E-state index in [0.29, 0.717) is 19.3 Å². The second-order valence-electron chi connectivity index (χ2n) is 6.87.